The molecule has 5 rings (SSSR count). The van der Waals surface area contributed by atoms with Gasteiger partial charge in [-0.05, 0) is 66.1 Å². The van der Waals surface area contributed by atoms with E-state index in [2.05, 4.69) is 34.1 Å². The van der Waals surface area contributed by atoms with Crippen molar-refractivity contribution in [3.05, 3.63) is 163 Å². The summed E-state index contributed by atoms with van der Waals surface area (Å²) in [4.78, 5) is 56.4. The molecule has 0 spiro atoms. The fourth-order valence-electron chi connectivity index (χ4n) is 6.51. The van der Waals surface area contributed by atoms with Crippen molar-refractivity contribution < 1.29 is 38.5 Å². The lowest BCUT2D eigenvalue weighted by molar-refractivity contribution is -0.147. The van der Waals surface area contributed by atoms with Crippen LogP contribution in [0.25, 0.3) is 10.9 Å². The number of rotatable bonds is 23. The molecule has 3 amide bonds. The van der Waals surface area contributed by atoms with Crippen molar-refractivity contribution in [2.24, 2.45) is 5.92 Å². The van der Waals surface area contributed by atoms with Gasteiger partial charge in [0.15, 0.2) is 0 Å². The zero-order chi connectivity index (χ0) is 41.8. The zero-order valence-corrected chi connectivity index (χ0v) is 33.0. The Labute approximate surface area is 344 Å². The molecule has 12 heteroatoms. The molecule has 1 heterocycles. The number of aromatic amines is 1. The van der Waals surface area contributed by atoms with Crippen LogP contribution in [0, 0.1) is 5.92 Å². The first-order chi connectivity index (χ1) is 28.7. The normalized spacial score (nSPS) is 12.9. The molecule has 0 aliphatic carbocycles. The molecule has 0 radical (unpaired) electrons. The number of H-pyrrole nitrogens is 1. The highest BCUT2D eigenvalue weighted by Crippen LogP contribution is 2.21. The molecule has 0 unspecified atom stereocenters. The topological polar surface area (TPSA) is 168 Å². The van der Waals surface area contributed by atoms with Gasteiger partial charge in [0.2, 0.25) is 11.8 Å². The number of aliphatic hydroxyl groups excluding tert-OH is 1. The monoisotopic (exact) mass is 800 g/mol. The second kappa shape index (κ2) is 22.9. The third-order valence-electron chi connectivity index (χ3n) is 9.60. The van der Waals surface area contributed by atoms with E-state index in [4.69, 9.17) is 14.2 Å². The number of aromatic nitrogens is 1. The number of aliphatic hydroxyl groups is 1. The van der Waals surface area contributed by atoms with E-state index in [1.807, 2.05) is 115 Å². The smallest absolute Gasteiger partial charge is 0.408 e. The maximum atomic E-state index is 13.9. The highest BCUT2D eigenvalue weighted by Gasteiger charge is 2.28. The predicted molar refractivity (Wildman–Crippen MR) is 226 cm³/mol. The Morgan fingerprint density at radius 1 is 0.695 bits per heavy atom. The molecule has 0 bridgehead atoms. The van der Waals surface area contributed by atoms with Gasteiger partial charge in [-0.15, -0.1) is 13.2 Å². The zero-order valence-electron chi connectivity index (χ0n) is 33.0. The van der Waals surface area contributed by atoms with Crippen LogP contribution < -0.4 is 20.7 Å². The first-order valence-corrected chi connectivity index (χ1v) is 19.6. The molecule has 4 aromatic carbocycles. The van der Waals surface area contributed by atoms with E-state index in [1.54, 1.807) is 6.08 Å². The van der Waals surface area contributed by atoms with Crippen LogP contribution in [0.4, 0.5) is 4.79 Å². The van der Waals surface area contributed by atoms with E-state index in [1.165, 1.54) is 6.08 Å². The largest absolute Gasteiger partial charge is 0.489 e. The molecule has 0 fully saturated rings. The van der Waals surface area contributed by atoms with Gasteiger partial charge in [-0.2, -0.15) is 0 Å². The fraction of sp³-hybridized carbons (Fsp3) is 0.277. The summed E-state index contributed by atoms with van der Waals surface area (Å²) in [5.74, 6) is -1.68. The molecule has 5 N–H and O–H groups in total. The number of para-hydroxylation sites is 1. The lowest BCUT2D eigenvalue weighted by atomic mass is 9.97. The van der Waals surface area contributed by atoms with Gasteiger partial charge in [-0.3, -0.25) is 9.59 Å². The summed E-state index contributed by atoms with van der Waals surface area (Å²) in [7, 11) is 0. The van der Waals surface area contributed by atoms with E-state index >= 15 is 0 Å². The summed E-state index contributed by atoms with van der Waals surface area (Å²) in [5.41, 5.74) is 4.51. The number of carbonyl (C=O) groups is 4. The predicted octanol–water partition coefficient (Wildman–Crippen LogP) is 6.49. The second-order valence-corrected chi connectivity index (χ2v) is 14.2. The number of hydrogen-bond acceptors (Lipinski definition) is 8. The summed E-state index contributed by atoms with van der Waals surface area (Å²) in [6.45, 7) is 7.42. The number of nitrogens with one attached hydrogen (secondary N) is 4. The van der Waals surface area contributed by atoms with Crippen molar-refractivity contribution in [3.8, 4) is 5.75 Å². The molecule has 12 nitrogen and oxygen atoms in total. The lowest BCUT2D eigenvalue weighted by Crippen LogP contribution is -2.47. The molecule has 308 valence electrons. The number of amides is 3. The molecular weight excluding hydrogens is 749 g/mol. The van der Waals surface area contributed by atoms with Crippen LogP contribution in [0.15, 0.2) is 141 Å². The first-order valence-electron chi connectivity index (χ1n) is 19.6. The maximum Gasteiger partial charge on any atom is 0.408 e. The average Bonchev–Trinajstić information content (AvgIpc) is 3.67. The van der Waals surface area contributed by atoms with Crippen LogP contribution >= 0.6 is 0 Å². The molecule has 1 aromatic heterocycles. The Kier molecular flexibility index (Phi) is 16.9. The summed E-state index contributed by atoms with van der Waals surface area (Å²) in [6, 6.07) is 31.8. The Morgan fingerprint density at radius 2 is 1.36 bits per heavy atom. The third-order valence-corrected chi connectivity index (χ3v) is 9.60. The summed E-state index contributed by atoms with van der Waals surface area (Å²) in [5, 5.41) is 19.5. The van der Waals surface area contributed by atoms with Crippen molar-refractivity contribution in [2.45, 2.75) is 63.4 Å². The molecule has 0 aliphatic heterocycles. The van der Waals surface area contributed by atoms with E-state index in [-0.39, 0.29) is 45.5 Å². The molecule has 4 atom stereocenters. The van der Waals surface area contributed by atoms with Crippen LogP contribution in [0.5, 0.6) is 5.75 Å². The summed E-state index contributed by atoms with van der Waals surface area (Å²) in [6.07, 6.45) is 4.86. The van der Waals surface area contributed by atoms with Gasteiger partial charge in [0.1, 0.15) is 31.6 Å². The number of esters is 1. The van der Waals surface area contributed by atoms with Crippen molar-refractivity contribution in [2.75, 3.05) is 13.2 Å². The van der Waals surface area contributed by atoms with Crippen LogP contribution in [-0.2, 0) is 49.9 Å². The van der Waals surface area contributed by atoms with Gasteiger partial charge in [0.25, 0.3) is 0 Å². The standard InChI is InChI=1S/C47H52N4O8/c1-3-13-36(27-44(53)49-38(29-52)25-33-21-23-40(24-22-33)57-30-34-15-7-5-8-16-34)45(54)50-39(26-37-28-48-42-20-12-11-19-41(37)42)32-58-46(55)43(14-4-2)51-47(56)59-31-35-17-9-6-10-18-35/h3-12,15-24,28,36,38-39,43,48,52H,1-2,13-14,25-27,29-32H2,(H,49,53)(H,50,54)(H,51,56)/t36-,38-,39-,43+/m0/s1. The third kappa shape index (κ3) is 14.0. The van der Waals surface area contributed by atoms with Gasteiger partial charge >= 0.3 is 12.1 Å². The van der Waals surface area contributed by atoms with Gasteiger partial charge in [-0.1, -0.05) is 103 Å². The van der Waals surface area contributed by atoms with Crippen LogP contribution in [-0.4, -0.2) is 65.3 Å². The van der Waals surface area contributed by atoms with Crippen molar-refractivity contribution >= 4 is 34.8 Å². The van der Waals surface area contributed by atoms with Gasteiger partial charge in [-0.25, -0.2) is 9.59 Å². The van der Waals surface area contributed by atoms with Crippen molar-refractivity contribution in [1.29, 1.82) is 0 Å². The van der Waals surface area contributed by atoms with Crippen LogP contribution in [0.3, 0.4) is 0 Å². The van der Waals surface area contributed by atoms with Crippen LogP contribution in [0.1, 0.15) is 41.5 Å². The first kappa shape index (κ1) is 43.5. The fourth-order valence-corrected chi connectivity index (χ4v) is 6.51. The SMILES string of the molecule is C=CC[C@@H](CC(=O)N[C@H](CO)Cc1ccc(OCc2ccccc2)cc1)C(=O)N[C@H](COC(=O)[C@@H](CC=C)NC(=O)OCc1ccccc1)Cc1c[nH]c2ccccc12. The number of ether oxygens (including phenoxy) is 3. The van der Waals surface area contributed by atoms with Crippen LogP contribution in [0.2, 0.25) is 0 Å². The molecule has 0 saturated heterocycles. The minimum atomic E-state index is -1.08. The van der Waals surface area contributed by atoms with Crippen molar-refractivity contribution in [1.82, 2.24) is 20.9 Å². The molecular formula is C47H52N4O8. The van der Waals surface area contributed by atoms with E-state index < -0.39 is 47.9 Å². The van der Waals surface area contributed by atoms with E-state index in [0.29, 0.717) is 18.8 Å². The average molecular weight is 801 g/mol. The number of benzene rings is 4. The lowest BCUT2D eigenvalue weighted by Gasteiger charge is -2.24. The molecule has 0 aliphatic rings. The molecule has 5 aromatic rings. The van der Waals surface area contributed by atoms with Gasteiger partial charge < -0.3 is 40.3 Å². The second-order valence-electron chi connectivity index (χ2n) is 14.2. The number of alkyl carbamates (subject to hydrolysis) is 1. The maximum absolute atomic E-state index is 13.9. The minimum absolute atomic E-state index is 0.0192. The van der Waals surface area contributed by atoms with E-state index in [0.717, 1.165) is 33.2 Å². The highest BCUT2D eigenvalue weighted by molar-refractivity contribution is 5.87. The van der Waals surface area contributed by atoms with E-state index in [9.17, 15) is 24.3 Å². The molecule has 59 heavy (non-hydrogen) atoms. The number of carbonyl (C=O) groups excluding carboxylic acids is 4. The quantitative estimate of drug-likeness (QED) is 0.0369. The molecule has 0 saturated carbocycles. The Balaban J connectivity index is 1.19. The number of fused-ring (bicyclic) bond motifs is 1. The Bertz CT molecular complexity index is 2120. The number of hydrogen-bond donors (Lipinski definition) is 5. The minimum Gasteiger partial charge on any atom is -0.489 e. The van der Waals surface area contributed by atoms with Crippen molar-refractivity contribution in [3.63, 3.8) is 0 Å². The Hall–Kier alpha value is -6.66. The highest BCUT2D eigenvalue weighted by atomic mass is 16.6. The van der Waals surface area contributed by atoms with Gasteiger partial charge in [0.05, 0.1) is 24.6 Å². The summed E-state index contributed by atoms with van der Waals surface area (Å²) >= 11 is 0. The number of allylic oxidation sites excluding steroid dienone is 1. The Morgan fingerprint density at radius 3 is 2.03 bits per heavy atom. The van der Waals surface area contributed by atoms with Gasteiger partial charge in [0, 0.05) is 23.5 Å². The summed E-state index contributed by atoms with van der Waals surface area (Å²) < 4.78 is 16.9.